The predicted octanol–water partition coefficient (Wildman–Crippen LogP) is 6.11. The number of aromatic carboxylic acids is 1. The van der Waals surface area contributed by atoms with E-state index in [0.29, 0.717) is 10.8 Å². The van der Waals surface area contributed by atoms with Gasteiger partial charge in [0.25, 0.3) is 0 Å². The summed E-state index contributed by atoms with van der Waals surface area (Å²) in [5, 5.41) is 15.2. The molecule has 0 spiro atoms. The number of anilines is 2. The van der Waals surface area contributed by atoms with Crippen molar-refractivity contribution in [3.63, 3.8) is 0 Å². The fourth-order valence-corrected chi connectivity index (χ4v) is 4.78. The Morgan fingerprint density at radius 2 is 1.51 bits per heavy atom. The Morgan fingerprint density at radius 1 is 0.892 bits per heavy atom. The van der Waals surface area contributed by atoms with Gasteiger partial charge in [-0.2, -0.15) is 0 Å². The van der Waals surface area contributed by atoms with Crippen LogP contribution in [0.3, 0.4) is 0 Å². The van der Waals surface area contributed by atoms with Crippen LogP contribution in [0.1, 0.15) is 66.2 Å². The summed E-state index contributed by atoms with van der Waals surface area (Å²) < 4.78 is 5.28. The lowest BCUT2D eigenvalue weighted by Crippen LogP contribution is -2.27. The third-order valence-electron chi connectivity index (χ3n) is 5.38. The van der Waals surface area contributed by atoms with Gasteiger partial charge in [-0.15, -0.1) is 11.3 Å². The van der Waals surface area contributed by atoms with Gasteiger partial charge in [-0.3, -0.25) is 10.1 Å². The number of aromatic nitrogens is 1. The highest BCUT2D eigenvalue weighted by Crippen LogP contribution is 2.27. The lowest BCUT2D eigenvalue weighted by Gasteiger charge is -2.19. The molecule has 3 rings (SSSR count). The number of hydrogen-bond donors (Lipinski definition) is 3. The molecule has 0 bridgehead atoms. The zero-order valence-electron chi connectivity index (χ0n) is 21.6. The van der Waals surface area contributed by atoms with E-state index in [2.05, 4.69) is 15.6 Å². The highest BCUT2D eigenvalue weighted by molar-refractivity contribution is 7.15. The van der Waals surface area contributed by atoms with Crippen molar-refractivity contribution >= 4 is 40.1 Å². The average Bonchev–Trinajstić information content (AvgIpc) is 3.18. The predicted molar refractivity (Wildman–Crippen MR) is 146 cm³/mol. The molecular formula is C28H33N3O5S. The highest BCUT2D eigenvalue weighted by atomic mass is 32.1. The second-order valence-corrected chi connectivity index (χ2v) is 10.8. The number of nitrogens with one attached hydrogen (secondary N) is 2. The van der Waals surface area contributed by atoms with Crippen LogP contribution < -0.4 is 10.6 Å². The molecule has 2 amide bonds. The van der Waals surface area contributed by atoms with E-state index in [0.717, 1.165) is 53.8 Å². The minimum atomic E-state index is -0.930. The van der Waals surface area contributed by atoms with Gasteiger partial charge in [0, 0.05) is 17.5 Å². The van der Waals surface area contributed by atoms with Gasteiger partial charge in [0.05, 0.1) is 11.3 Å². The number of amides is 2. The number of carbonyl (C=O) groups excluding carboxylic acids is 2. The van der Waals surface area contributed by atoms with Gasteiger partial charge < -0.3 is 15.2 Å². The van der Waals surface area contributed by atoms with E-state index in [-0.39, 0.29) is 11.5 Å². The van der Waals surface area contributed by atoms with E-state index in [4.69, 9.17) is 9.84 Å². The Kier molecular flexibility index (Phi) is 9.41. The molecule has 3 aromatic rings. The summed E-state index contributed by atoms with van der Waals surface area (Å²) in [4.78, 5) is 40.3. The van der Waals surface area contributed by atoms with Gasteiger partial charge in [0.2, 0.25) is 5.91 Å². The minimum Gasteiger partial charge on any atom is -0.478 e. The van der Waals surface area contributed by atoms with Crippen molar-refractivity contribution in [1.29, 1.82) is 0 Å². The first-order chi connectivity index (χ1) is 17.5. The first kappa shape index (κ1) is 27.9. The molecular weight excluding hydrogens is 490 g/mol. The van der Waals surface area contributed by atoms with Crippen molar-refractivity contribution in [3.05, 3.63) is 75.8 Å². The van der Waals surface area contributed by atoms with Gasteiger partial charge in [0.15, 0.2) is 5.13 Å². The standard InChI is InChI=1S/C28H33N3O5S/c1-18(32)29-26-31-23(24(37-26)7-5-6-19-8-13-21(14-9-19)25(33)34)17-12-20-10-15-22(16-11-20)30-27(35)36-28(2,3)4/h8-11,13-16H,5-7,12,17H2,1-4H3,(H,30,35)(H,33,34)(H,29,31,32). The van der Waals surface area contributed by atoms with Gasteiger partial charge in [0.1, 0.15) is 5.60 Å². The van der Waals surface area contributed by atoms with Crippen LogP contribution in [0.25, 0.3) is 0 Å². The topological polar surface area (TPSA) is 118 Å². The number of thiazole rings is 1. The average molecular weight is 524 g/mol. The van der Waals surface area contributed by atoms with E-state index >= 15 is 0 Å². The summed E-state index contributed by atoms with van der Waals surface area (Å²) in [6.45, 7) is 6.92. The van der Waals surface area contributed by atoms with Crippen molar-refractivity contribution in [1.82, 2.24) is 4.98 Å². The Balaban J connectivity index is 1.59. The molecule has 8 nitrogen and oxygen atoms in total. The molecule has 0 radical (unpaired) electrons. The molecule has 2 aromatic carbocycles. The molecule has 196 valence electrons. The molecule has 0 aliphatic heterocycles. The van der Waals surface area contributed by atoms with Crippen LogP contribution in [0.4, 0.5) is 15.6 Å². The Bertz CT molecular complexity index is 1230. The SMILES string of the molecule is CC(=O)Nc1nc(CCc2ccc(NC(=O)OC(C)(C)C)cc2)c(CCCc2ccc(C(=O)O)cc2)s1. The van der Waals surface area contributed by atoms with Crippen molar-refractivity contribution in [2.24, 2.45) is 0 Å². The molecule has 0 atom stereocenters. The Morgan fingerprint density at radius 3 is 2.11 bits per heavy atom. The van der Waals surface area contributed by atoms with Crippen LogP contribution in [-0.4, -0.2) is 33.7 Å². The first-order valence-corrected chi connectivity index (χ1v) is 13.0. The summed E-state index contributed by atoms with van der Waals surface area (Å²) in [6.07, 6.45) is 3.50. The summed E-state index contributed by atoms with van der Waals surface area (Å²) in [5.41, 5.74) is 3.53. The van der Waals surface area contributed by atoms with E-state index in [9.17, 15) is 14.4 Å². The maximum atomic E-state index is 12.0. The molecule has 1 heterocycles. The van der Waals surface area contributed by atoms with Gasteiger partial charge >= 0.3 is 12.1 Å². The fourth-order valence-electron chi connectivity index (χ4n) is 3.68. The summed E-state index contributed by atoms with van der Waals surface area (Å²) in [7, 11) is 0. The van der Waals surface area contributed by atoms with Crippen molar-refractivity contribution in [2.45, 2.75) is 65.4 Å². The normalized spacial score (nSPS) is 11.1. The van der Waals surface area contributed by atoms with Crippen LogP contribution in [-0.2, 0) is 35.2 Å². The number of hydrogen-bond acceptors (Lipinski definition) is 6. The number of rotatable bonds is 10. The molecule has 9 heteroatoms. The van der Waals surface area contributed by atoms with Crippen molar-refractivity contribution < 1.29 is 24.2 Å². The maximum absolute atomic E-state index is 12.0. The van der Waals surface area contributed by atoms with Gasteiger partial charge in [-0.25, -0.2) is 14.6 Å². The second-order valence-electron chi connectivity index (χ2n) is 9.75. The summed E-state index contributed by atoms with van der Waals surface area (Å²) in [6, 6.07) is 14.6. The third-order valence-corrected chi connectivity index (χ3v) is 6.45. The third kappa shape index (κ3) is 9.34. The monoisotopic (exact) mass is 523 g/mol. The quantitative estimate of drug-likeness (QED) is 0.295. The molecule has 3 N–H and O–H groups in total. The van der Waals surface area contributed by atoms with Crippen LogP contribution in [0.15, 0.2) is 48.5 Å². The molecule has 0 saturated heterocycles. The number of ether oxygens (including phenoxy) is 1. The Labute approximate surface area is 221 Å². The van der Waals surface area contributed by atoms with Crippen LogP contribution in [0, 0.1) is 0 Å². The zero-order chi connectivity index (χ0) is 27.0. The number of aryl methyl sites for hydroxylation is 4. The van der Waals surface area contributed by atoms with E-state index in [1.54, 1.807) is 12.1 Å². The lowest BCUT2D eigenvalue weighted by molar-refractivity contribution is -0.114. The highest BCUT2D eigenvalue weighted by Gasteiger charge is 2.16. The van der Waals surface area contributed by atoms with Crippen LogP contribution in [0.5, 0.6) is 0 Å². The summed E-state index contributed by atoms with van der Waals surface area (Å²) in [5.74, 6) is -1.08. The number of nitrogens with zero attached hydrogens (tertiary/aromatic N) is 1. The van der Waals surface area contributed by atoms with E-state index < -0.39 is 17.7 Å². The molecule has 0 saturated carbocycles. The van der Waals surface area contributed by atoms with Crippen LogP contribution >= 0.6 is 11.3 Å². The van der Waals surface area contributed by atoms with Crippen molar-refractivity contribution in [3.8, 4) is 0 Å². The van der Waals surface area contributed by atoms with Gasteiger partial charge in [-0.05, 0) is 88.3 Å². The second kappa shape index (κ2) is 12.5. The van der Waals surface area contributed by atoms with E-state index in [1.807, 2.05) is 57.2 Å². The molecule has 0 aliphatic carbocycles. The smallest absolute Gasteiger partial charge is 0.412 e. The molecule has 1 aromatic heterocycles. The Hall–Kier alpha value is -3.72. The van der Waals surface area contributed by atoms with Crippen molar-refractivity contribution in [2.75, 3.05) is 10.6 Å². The molecule has 37 heavy (non-hydrogen) atoms. The molecule has 0 aliphatic rings. The maximum Gasteiger partial charge on any atom is 0.412 e. The zero-order valence-corrected chi connectivity index (χ0v) is 22.4. The molecule has 0 unspecified atom stereocenters. The number of carboxylic acid groups (broad SMARTS) is 1. The van der Waals surface area contributed by atoms with E-state index in [1.165, 1.54) is 18.3 Å². The lowest BCUT2D eigenvalue weighted by atomic mass is 10.0. The largest absolute Gasteiger partial charge is 0.478 e. The minimum absolute atomic E-state index is 0.154. The number of benzene rings is 2. The summed E-state index contributed by atoms with van der Waals surface area (Å²) >= 11 is 1.50. The number of carboxylic acids is 1. The fraction of sp³-hybridized carbons (Fsp3) is 0.357. The van der Waals surface area contributed by atoms with Crippen LogP contribution in [0.2, 0.25) is 0 Å². The first-order valence-electron chi connectivity index (χ1n) is 12.2. The van der Waals surface area contributed by atoms with Gasteiger partial charge in [-0.1, -0.05) is 24.3 Å². The molecule has 0 fully saturated rings. The number of carbonyl (C=O) groups is 3.